The van der Waals surface area contributed by atoms with Crippen LogP contribution in [0, 0.1) is 5.82 Å². The van der Waals surface area contributed by atoms with Crippen LogP contribution in [0.25, 0.3) is 0 Å². The first-order chi connectivity index (χ1) is 4.63. The fourth-order valence-corrected chi connectivity index (χ4v) is 1.09. The van der Waals surface area contributed by atoms with Gasteiger partial charge in [-0.3, -0.25) is 0 Å². The van der Waals surface area contributed by atoms with Crippen molar-refractivity contribution in [3.8, 4) is 0 Å². The molecule has 0 bridgehead atoms. The number of hydrogen-bond donors (Lipinski definition) is 1. The minimum Gasteiger partial charge on any atom is -0.205 e. The number of rotatable bonds is 0. The molecule has 0 atom stereocenters. The first-order valence-corrected chi connectivity index (χ1v) is 3.65. The molecule has 1 aromatic carbocycles. The van der Waals surface area contributed by atoms with E-state index in [4.69, 9.17) is 23.2 Å². The van der Waals surface area contributed by atoms with E-state index < -0.39 is 5.82 Å². The summed E-state index contributed by atoms with van der Waals surface area (Å²) in [5, 5.41) is 0.0826. The summed E-state index contributed by atoms with van der Waals surface area (Å²) in [6, 6.07) is 2.67. The van der Waals surface area contributed by atoms with Gasteiger partial charge in [-0.05, 0) is 12.1 Å². The standard InChI is InChI=1S/C6H3Cl2FS/c7-5-3(9)1-2-4(10)6(5)8/h1-2,10H. The van der Waals surface area contributed by atoms with E-state index in [1.165, 1.54) is 12.1 Å². The van der Waals surface area contributed by atoms with E-state index in [-0.39, 0.29) is 10.0 Å². The third-order valence-electron chi connectivity index (χ3n) is 1.01. The molecule has 1 rings (SSSR count). The van der Waals surface area contributed by atoms with Crippen LogP contribution in [0.2, 0.25) is 10.0 Å². The molecular formula is C6H3Cl2FS. The van der Waals surface area contributed by atoms with Gasteiger partial charge in [-0.2, -0.15) is 0 Å². The number of benzene rings is 1. The molecule has 0 N–H and O–H groups in total. The zero-order valence-electron chi connectivity index (χ0n) is 4.74. The van der Waals surface area contributed by atoms with Crippen LogP contribution in [0.5, 0.6) is 0 Å². The van der Waals surface area contributed by atoms with Gasteiger partial charge in [-0.15, -0.1) is 12.6 Å². The van der Waals surface area contributed by atoms with Gasteiger partial charge in [-0.25, -0.2) is 4.39 Å². The Morgan fingerprint density at radius 3 is 2.30 bits per heavy atom. The van der Waals surface area contributed by atoms with E-state index in [1.54, 1.807) is 0 Å². The van der Waals surface area contributed by atoms with Crippen molar-refractivity contribution in [2.45, 2.75) is 4.90 Å². The number of thiol groups is 1. The van der Waals surface area contributed by atoms with Gasteiger partial charge in [0.05, 0.1) is 10.0 Å². The van der Waals surface area contributed by atoms with Crippen LogP contribution in [-0.4, -0.2) is 0 Å². The van der Waals surface area contributed by atoms with E-state index in [9.17, 15) is 4.39 Å². The van der Waals surface area contributed by atoms with Gasteiger partial charge in [-0.1, -0.05) is 23.2 Å². The van der Waals surface area contributed by atoms with Crippen molar-refractivity contribution in [1.29, 1.82) is 0 Å². The number of halogens is 3. The summed E-state index contributed by atoms with van der Waals surface area (Å²) in [4.78, 5) is 0.480. The van der Waals surface area contributed by atoms with Crippen LogP contribution in [-0.2, 0) is 0 Å². The minimum atomic E-state index is -0.524. The maximum atomic E-state index is 12.5. The van der Waals surface area contributed by atoms with Crippen molar-refractivity contribution in [2.24, 2.45) is 0 Å². The van der Waals surface area contributed by atoms with Gasteiger partial charge in [0.25, 0.3) is 0 Å². The Bertz CT molecular complexity index is 235. The molecule has 0 unspecified atom stereocenters. The topological polar surface area (TPSA) is 0 Å². The minimum absolute atomic E-state index is 0.0748. The van der Waals surface area contributed by atoms with E-state index in [0.717, 1.165) is 0 Å². The zero-order valence-corrected chi connectivity index (χ0v) is 7.14. The van der Waals surface area contributed by atoms with Gasteiger partial charge >= 0.3 is 0 Å². The smallest absolute Gasteiger partial charge is 0.143 e. The molecule has 0 aliphatic heterocycles. The lowest BCUT2D eigenvalue weighted by Gasteiger charge is -1.98. The van der Waals surface area contributed by atoms with E-state index in [0.29, 0.717) is 4.90 Å². The van der Waals surface area contributed by atoms with Gasteiger partial charge in [0, 0.05) is 4.90 Å². The van der Waals surface area contributed by atoms with Crippen LogP contribution < -0.4 is 0 Å². The molecule has 0 aliphatic carbocycles. The Morgan fingerprint density at radius 1 is 1.20 bits per heavy atom. The second kappa shape index (κ2) is 2.99. The third kappa shape index (κ3) is 1.39. The van der Waals surface area contributed by atoms with Crippen LogP contribution >= 0.6 is 35.8 Å². The zero-order chi connectivity index (χ0) is 7.72. The maximum absolute atomic E-state index is 12.5. The average molecular weight is 197 g/mol. The highest BCUT2D eigenvalue weighted by molar-refractivity contribution is 7.80. The monoisotopic (exact) mass is 196 g/mol. The molecule has 54 valence electrons. The molecule has 0 heterocycles. The lowest BCUT2D eigenvalue weighted by molar-refractivity contribution is 0.627. The van der Waals surface area contributed by atoms with Crippen LogP contribution in [0.15, 0.2) is 17.0 Å². The summed E-state index contributed by atoms with van der Waals surface area (Å²) in [7, 11) is 0. The Kier molecular flexibility index (Phi) is 2.45. The first-order valence-electron chi connectivity index (χ1n) is 2.45. The molecule has 0 saturated carbocycles. The summed E-state index contributed by atoms with van der Waals surface area (Å²) in [6.45, 7) is 0. The van der Waals surface area contributed by atoms with Crippen molar-refractivity contribution < 1.29 is 4.39 Å². The van der Waals surface area contributed by atoms with Crippen molar-refractivity contribution in [3.63, 3.8) is 0 Å². The van der Waals surface area contributed by atoms with Crippen molar-refractivity contribution in [3.05, 3.63) is 28.0 Å². The molecule has 0 amide bonds. The molecule has 10 heavy (non-hydrogen) atoms. The number of hydrogen-bond acceptors (Lipinski definition) is 1. The molecular weight excluding hydrogens is 194 g/mol. The fourth-order valence-electron chi connectivity index (χ4n) is 0.516. The predicted octanol–water partition coefficient (Wildman–Crippen LogP) is 3.42. The highest BCUT2D eigenvalue weighted by atomic mass is 35.5. The summed E-state index contributed by atoms with van der Waals surface area (Å²) in [5.41, 5.74) is 0. The van der Waals surface area contributed by atoms with Crippen LogP contribution in [0.1, 0.15) is 0 Å². The Hall–Kier alpha value is 0.0800. The fraction of sp³-hybridized carbons (Fsp3) is 0. The van der Waals surface area contributed by atoms with Gasteiger partial charge in [0.15, 0.2) is 0 Å². The van der Waals surface area contributed by atoms with Gasteiger partial charge in [0.1, 0.15) is 5.82 Å². The lowest BCUT2D eigenvalue weighted by Crippen LogP contribution is -1.78. The summed E-state index contributed by atoms with van der Waals surface area (Å²) >= 11 is 14.9. The predicted molar refractivity (Wildman–Crippen MR) is 43.7 cm³/mol. The quantitative estimate of drug-likeness (QED) is 0.478. The van der Waals surface area contributed by atoms with Gasteiger partial charge < -0.3 is 0 Å². The second-order valence-electron chi connectivity index (χ2n) is 1.69. The molecule has 0 aliphatic rings. The Balaban J connectivity index is 3.34. The molecule has 1 aromatic rings. The molecule has 0 spiro atoms. The average Bonchev–Trinajstić information content (AvgIpc) is 1.93. The molecule has 4 heteroatoms. The second-order valence-corrected chi connectivity index (χ2v) is 2.93. The Labute approximate surface area is 73.4 Å². The summed E-state index contributed by atoms with van der Waals surface area (Å²) < 4.78 is 12.5. The largest absolute Gasteiger partial charge is 0.205 e. The third-order valence-corrected chi connectivity index (χ3v) is 2.38. The van der Waals surface area contributed by atoms with Gasteiger partial charge in [0.2, 0.25) is 0 Å². The summed E-state index contributed by atoms with van der Waals surface area (Å²) in [5.74, 6) is -0.524. The highest BCUT2D eigenvalue weighted by Gasteiger charge is 2.05. The highest BCUT2D eigenvalue weighted by Crippen LogP contribution is 2.30. The summed E-state index contributed by atoms with van der Waals surface area (Å²) in [6.07, 6.45) is 0. The van der Waals surface area contributed by atoms with Crippen molar-refractivity contribution >= 4 is 35.8 Å². The molecule has 0 aromatic heterocycles. The van der Waals surface area contributed by atoms with Crippen molar-refractivity contribution in [1.82, 2.24) is 0 Å². The van der Waals surface area contributed by atoms with E-state index in [1.807, 2.05) is 0 Å². The van der Waals surface area contributed by atoms with Crippen molar-refractivity contribution in [2.75, 3.05) is 0 Å². The van der Waals surface area contributed by atoms with E-state index >= 15 is 0 Å². The molecule has 0 nitrogen and oxygen atoms in total. The first kappa shape index (κ1) is 8.18. The SMILES string of the molecule is Fc1ccc(S)c(Cl)c1Cl. The normalized spacial score (nSPS) is 10.0. The Morgan fingerprint density at radius 2 is 1.80 bits per heavy atom. The molecule has 0 fully saturated rings. The van der Waals surface area contributed by atoms with Crippen LogP contribution in [0.3, 0.4) is 0 Å². The molecule has 0 saturated heterocycles. The lowest BCUT2D eigenvalue weighted by atomic mass is 10.3. The van der Waals surface area contributed by atoms with Crippen LogP contribution in [0.4, 0.5) is 4.39 Å². The van der Waals surface area contributed by atoms with E-state index in [2.05, 4.69) is 12.6 Å². The maximum Gasteiger partial charge on any atom is 0.143 e. The molecule has 0 radical (unpaired) electrons.